The van der Waals surface area contributed by atoms with Crippen molar-refractivity contribution in [3.8, 4) is 11.5 Å². The Morgan fingerprint density at radius 2 is 2.26 bits per heavy atom. The second kappa shape index (κ2) is 5.90. The van der Waals surface area contributed by atoms with E-state index in [0.717, 1.165) is 6.54 Å². The Morgan fingerprint density at radius 3 is 2.84 bits per heavy atom. The number of methoxy groups -OCH3 is 2. The van der Waals surface area contributed by atoms with Crippen LogP contribution in [-0.4, -0.2) is 45.0 Å². The van der Waals surface area contributed by atoms with Crippen molar-refractivity contribution in [3.63, 3.8) is 0 Å². The van der Waals surface area contributed by atoms with E-state index >= 15 is 0 Å². The number of hydrogen-bond donors (Lipinski definition) is 2. The molecule has 1 aromatic carbocycles. The summed E-state index contributed by atoms with van der Waals surface area (Å²) in [5, 5.41) is 13.3. The average molecular weight is 267 g/mol. The molecule has 1 aliphatic heterocycles. The molecule has 6 heteroatoms. The van der Waals surface area contributed by atoms with Gasteiger partial charge < -0.3 is 24.6 Å². The fourth-order valence-corrected chi connectivity index (χ4v) is 2.03. The average Bonchev–Trinajstić information content (AvgIpc) is 2.47. The smallest absolute Gasteiger partial charge is 0.337 e. The van der Waals surface area contributed by atoms with Gasteiger partial charge in [0.1, 0.15) is 0 Å². The van der Waals surface area contributed by atoms with Gasteiger partial charge in [-0.15, -0.1) is 0 Å². The summed E-state index contributed by atoms with van der Waals surface area (Å²) < 4.78 is 15.3. The molecule has 1 aromatic rings. The van der Waals surface area contributed by atoms with Gasteiger partial charge in [0.05, 0.1) is 32.5 Å². The lowest BCUT2D eigenvalue weighted by atomic mass is 10.0. The van der Waals surface area contributed by atoms with E-state index in [0.29, 0.717) is 24.3 Å². The van der Waals surface area contributed by atoms with Crippen LogP contribution in [0.5, 0.6) is 11.5 Å². The van der Waals surface area contributed by atoms with Crippen LogP contribution in [0.25, 0.3) is 0 Å². The first-order valence-corrected chi connectivity index (χ1v) is 5.99. The summed E-state index contributed by atoms with van der Waals surface area (Å²) in [6.45, 7) is 1.89. The van der Waals surface area contributed by atoms with E-state index < -0.39 is 5.97 Å². The molecule has 1 aliphatic rings. The zero-order valence-corrected chi connectivity index (χ0v) is 10.9. The molecule has 1 saturated heterocycles. The van der Waals surface area contributed by atoms with E-state index in [1.54, 1.807) is 6.07 Å². The second-order valence-corrected chi connectivity index (χ2v) is 4.17. The highest BCUT2D eigenvalue weighted by Gasteiger charge is 2.23. The predicted molar refractivity (Wildman–Crippen MR) is 67.6 cm³/mol. The fraction of sp³-hybridized carbons (Fsp3) is 0.462. The van der Waals surface area contributed by atoms with Crippen LogP contribution in [0.1, 0.15) is 22.0 Å². The molecule has 0 bridgehead atoms. The maximum Gasteiger partial charge on any atom is 0.337 e. The summed E-state index contributed by atoms with van der Waals surface area (Å²) >= 11 is 0. The van der Waals surface area contributed by atoms with Crippen molar-refractivity contribution in [3.05, 3.63) is 23.3 Å². The minimum absolute atomic E-state index is 0.0103. The van der Waals surface area contributed by atoms with Crippen LogP contribution in [0.2, 0.25) is 0 Å². The number of rotatable bonds is 3. The van der Waals surface area contributed by atoms with Crippen molar-refractivity contribution < 1.29 is 24.1 Å². The van der Waals surface area contributed by atoms with E-state index in [2.05, 4.69) is 10.1 Å². The molecule has 0 aliphatic carbocycles. The van der Waals surface area contributed by atoms with Gasteiger partial charge in [0, 0.05) is 18.7 Å². The van der Waals surface area contributed by atoms with Gasteiger partial charge in [-0.3, -0.25) is 0 Å². The Kier molecular flexibility index (Phi) is 4.24. The van der Waals surface area contributed by atoms with Crippen LogP contribution in [0.4, 0.5) is 0 Å². The van der Waals surface area contributed by atoms with Gasteiger partial charge in [0.25, 0.3) is 0 Å². The molecule has 1 heterocycles. The highest BCUT2D eigenvalue weighted by molar-refractivity contribution is 5.90. The summed E-state index contributed by atoms with van der Waals surface area (Å²) in [5.74, 6) is -0.265. The minimum atomic E-state index is -0.483. The lowest BCUT2D eigenvalue weighted by Gasteiger charge is -2.25. The lowest BCUT2D eigenvalue weighted by molar-refractivity contribution is 0.0260. The van der Waals surface area contributed by atoms with Crippen molar-refractivity contribution in [1.29, 1.82) is 0 Å². The number of benzene rings is 1. The number of carbonyl (C=O) groups is 1. The Bertz CT molecular complexity index is 468. The molecule has 0 spiro atoms. The first kappa shape index (κ1) is 13.6. The van der Waals surface area contributed by atoms with Gasteiger partial charge in [0.2, 0.25) is 0 Å². The first-order valence-electron chi connectivity index (χ1n) is 5.99. The Hall–Kier alpha value is -1.79. The monoisotopic (exact) mass is 267 g/mol. The van der Waals surface area contributed by atoms with E-state index in [-0.39, 0.29) is 17.6 Å². The lowest BCUT2D eigenvalue weighted by Crippen LogP contribution is -2.33. The molecule has 2 N–H and O–H groups in total. The first-order chi connectivity index (χ1) is 9.17. The van der Waals surface area contributed by atoms with E-state index in [1.807, 2.05) is 0 Å². The number of aromatic hydroxyl groups is 1. The van der Waals surface area contributed by atoms with Crippen molar-refractivity contribution in [2.75, 3.05) is 33.9 Å². The highest BCUT2D eigenvalue weighted by Crippen LogP contribution is 2.37. The normalized spacial score (nSPS) is 18.9. The molecule has 0 amide bonds. The fourth-order valence-electron chi connectivity index (χ4n) is 2.03. The Morgan fingerprint density at radius 1 is 1.47 bits per heavy atom. The molecule has 6 nitrogen and oxygen atoms in total. The van der Waals surface area contributed by atoms with Gasteiger partial charge in [0.15, 0.2) is 11.5 Å². The number of carbonyl (C=O) groups excluding carboxylic acids is 1. The largest absolute Gasteiger partial charge is 0.504 e. The summed E-state index contributed by atoms with van der Waals surface area (Å²) in [6, 6.07) is 3.02. The third-order valence-corrected chi connectivity index (χ3v) is 3.02. The zero-order valence-electron chi connectivity index (χ0n) is 10.9. The number of nitrogens with one attached hydrogen (secondary N) is 1. The number of esters is 1. The molecule has 1 fully saturated rings. The third-order valence-electron chi connectivity index (χ3n) is 3.02. The van der Waals surface area contributed by atoms with Crippen molar-refractivity contribution in [1.82, 2.24) is 5.32 Å². The van der Waals surface area contributed by atoms with Crippen LogP contribution in [0.15, 0.2) is 12.1 Å². The van der Waals surface area contributed by atoms with Crippen LogP contribution in [0.3, 0.4) is 0 Å². The Labute approximate surface area is 111 Å². The number of phenols is 1. The number of hydrogen-bond acceptors (Lipinski definition) is 6. The highest BCUT2D eigenvalue weighted by atomic mass is 16.5. The van der Waals surface area contributed by atoms with Crippen LogP contribution in [-0.2, 0) is 9.47 Å². The maximum absolute atomic E-state index is 11.6. The van der Waals surface area contributed by atoms with Crippen LogP contribution >= 0.6 is 0 Å². The number of morpholine rings is 1. The van der Waals surface area contributed by atoms with Crippen LogP contribution in [0, 0.1) is 0 Å². The summed E-state index contributed by atoms with van der Waals surface area (Å²) in [4.78, 5) is 11.6. The van der Waals surface area contributed by atoms with Crippen LogP contribution < -0.4 is 10.1 Å². The SMILES string of the molecule is COC(=O)c1cc(OC)c(O)c(C2CNCCO2)c1. The van der Waals surface area contributed by atoms with Gasteiger partial charge in [-0.25, -0.2) is 4.79 Å². The molecule has 2 rings (SSSR count). The van der Waals surface area contributed by atoms with Gasteiger partial charge in [-0.05, 0) is 12.1 Å². The minimum Gasteiger partial charge on any atom is -0.504 e. The standard InChI is InChI=1S/C13H17NO5/c1-17-10-6-8(13(16)18-2)5-9(12(10)15)11-7-14-3-4-19-11/h5-6,11,14-15H,3-4,7H2,1-2H3. The molecular weight excluding hydrogens is 250 g/mol. The summed E-state index contributed by atoms with van der Waals surface area (Å²) in [5.41, 5.74) is 0.841. The quantitative estimate of drug-likeness (QED) is 0.791. The maximum atomic E-state index is 11.6. The predicted octanol–water partition coefficient (Wildman–Crippen LogP) is 0.848. The molecule has 1 unspecified atom stereocenters. The molecular formula is C13H17NO5. The van der Waals surface area contributed by atoms with Crippen molar-refractivity contribution in [2.45, 2.75) is 6.10 Å². The zero-order chi connectivity index (χ0) is 13.8. The van der Waals surface area contributed by atoms with Crippen molar-refractivity contribution >= 4 is 5.97 Å². The van der Waals surface area contributed by atoms with Gasteiger partial charge >= 0.3 is 5.97 Å². The summed E-state index contributed by atoms with van der Waals surface area (Å²) in [6.07, 6.45) is -0.313. The topological polar surface area (TPSA) is 77.0 Å². The number of ether oxygens (including phenoxy) is 3. The molecule has 0 aromatic heterocycles. The molecule has 1 atom stereocenters. The van der Waals surface area contributed by atoms with Gasteiger partial charge in [-0.2, -0.15) is 0 Å². The summed E-state index contributed by atoms with van der Waals surface area (Å²) in [7, 11) is 2.74. The van der Waals surface area contributed by atoms with E-state index in [9.17, 15) is 9.90 Å². The molecule has 19 heavy (non-hydrogen) atoms. The molecule has 104 valence electrons. The van der Waals surface area contributed by atoms with E-state index in [4.69, 9.17) is 9.47 Å². The second-order valence-electron chi connectivity index (χ2n) is 4.17. The van der Waals surface area contributed by atoms with Gasteiger partial charge in [-0.1, -0.05) is 0 Å². The third kappa shape index (κ3) is 2.80. The van der Waals surface area contributed by atoms with E-state index in [1.165, 1.54) is 20.3 Å². The Balaban J connectivity index is 2.42. The molecule has 0 radical (unpaired) electrons. The number of phenolic OH excluding ortho intramolecular Hbond substituents is 1. The molecule has 0 saturated carbocycles. The van der Waals surface area contributed by atoms with Crippen molar-refractivity contribution in [2.24, 2.45) is 0 Å².